The molecule has 0 unspecified atom stereocenters. The summed E-state index contributed by atoms with van der Waals surface area (Å²) in [5.41, 5.74) is 7.01. The average molecular weight is 218 g/mol. The first-order valence-corrected chi connectivity index (χ1v) is 4.88. The first-order valence-electron chi connectivity index (χ1n) is 4.88. The Morgan fingerprint density at radius 2 is 2.06 bits per heavy atom. The number of benzene rings is 1. The van der Waals surface area contributed by atoms with Crippen LogP contribution in [0.15, 0.2) is 30.4 Å². The summed E-state index contributed by atoms with van der Waals surface area (Å²) >= 11 is 0. The Bertz CT molecular complexity index is 450. The normalized spacial score (nSPS) is 10.4. The molecular weight excluding hydrogens is 204 g/mol. The number of primary amides is 1. The second-order valence-corrected chi connectivity index (χ2v) is 3.38. The summed E-state index contributed by atoms with van der Waals surface area (Å²) in [6.07, 6.45) is 3.05. The summed E-state index contributed by atoms with van der Waals surface area (Å²) in [6.45, 7) is 3.60. The molecule has 1 rings (SSSR count). The molecule has 1 aromatic carbocycles. The van der Waals surface area contributed by atoms with E-state index in [1.807, 2.05) is 6.92 Å². The van der Waals surface area contributed by atoms with Gasteiger partial charge in [-0.3, -0.25) is 9.59 Å². The third-order valence-electron chi connectivity index (χ3n) is 2.10. The fourth-order valence-electron chi connectivity index (χ4n) is 1.24. The summed E-state index contributed by atoms with van der Waals surface area (Å²) in [5.74, 6) is -0.742. The molecule has 0 spiro atoms. The molecule has 84 valence electrons. The molecule has 0 aromatic heterocycles. The number of hydrogen-bond donors (Lipinski definition) is 2. The predicted octanol–water partition coefficient (Wildman–Crippen LogP) is 1.61. The summed E-state index contributed by atoms with van der Waals surface area (Å²) in [4.78, 5) is 22.3. The van der Waals surface area contributed by atoms with E-state index in [-0.39, 0.29) is 5.91 Å². The van der Waals surface area contributed by atoms with E-state index in [1.54, 1.807) is 31.2 Å². The number of rotatable bonds is 3. The van der Waals surface area contributed by atoms with Crippen LogP contribution >= 0.6 is 0 Å². The van der Waals surface area contributed by atoms with E-state index in [4.69, 9.17) is 5.73 Å². The standard InChI is InChI=1S/C12H14N2O2/c1-3-4-11(15)14-10-7-9(12(13)16)6-5-8(10)2/h3-7H,1-2H3,(H2,13,16)(H,14,15)/b4-3+. The lowest BCUT2D eigenvalue weighted by atomic mass is 10.1. The maximum absolute atomic E-state index is 11.3. The van der Waals surface area contributed by atoms with Gasteiger partial charge in [0.2, 0.25) is 11.8 Å². The lowest BCUT2D eigenvalue weighted by Crippen LogP contribution is -2.13. The number of hydrogen-bond acceptors (Lipinski definition) is 2. The minimum atomic E-state index is -0.512. The van der Waals surface area contributed by atoms with Crippen molar-refractivity contribution in [2.24, 2.45) is 5.73 Å². The van der Waals surface area contributed by atoms with Gasteiger partial charge in [0.05, 0.1) is 0 Å². The van der Waals surface area contributed by atoms with E-state index < -0.39 is 5.91 Å². The molecule has 0 aliphatic heterocycles. The topological polar surface area (TPSA) is 72.2 Å². The Labute approximate surface area is 94.1 Å². The van der Waals surface area contributed by atoms with Crippen molar-refractivity contribution >= 4 is 17.5 Å². The fourth-order valence-corrected chi connectivity index (χ4v) is 1.24. The molecule has 0 saturated heterocycles. The van der Waals surface area contributed by atoms with Gasteiger partial charge < -0.3 is 11.1 Å². The quantitative estimate of drug-likeness (QED) is 0.756. The van der Waals surface area contributed by atoms with Crippen molar-refractivity contribution < 1.29 is 9.59 Å². The van der Waals surface area contributed by atoms with Crippen LogP contribution in [0.3, 0.4) is 0 Å². The highest BCUT2D eigenvalue weighted by molar-refractivity contribution is 6.01. The molecule has 0 atom stereocenters. The summed E-state index contributed by atoms with van der Waals surface area (Å²) in [5, 5.41) is 2.67. The molecule has 0 aliphatic rings. The van der Waals surface area contributed by atoms with Gasteiger partial charge in [-0.05, 0) is 37.6 Å². The number of carbonyl (C=O) groups excluding carboxylic acids is 2. The van der Waals surface area contributed by atoms with Crippen LogP contribution in [-0.2, 0) is 4.79 Å². The van der Waals surface area contributed by atoms with Crippen LogP contribution in [-0.4, -0.2) is 11.8 Å². The summed E-state index contributed by atoms with van der Waals surface area (Å²) in [7, 11) is 0. The monoisotopic (exact) mass is 218 g/mol. The Morgan fingerprint density at radius 3 is 2.62 bits per heavy atom. The zero-order valence-electron chi connectivity index (χ0n) is 9.28. The third kappa shape index (κ3) is 2.95. The van der Waals surface area contributed by atoms with Crippen LogP contribution in [0.5, 0.6) is 0 Å². The maximum atomic E-state index is 11.3. The smallest absolute Gasteiger partial charge is 0.248 e. The van der Waals surface area contributed by atoms with Gasteiger partial charge >= 0.3 is 0 Å². The zero-order valence-corrected chi connectivity index (χ0v) is 9.28. The van der Waals surface area contributed by atoms with Gasteiger partial charge in [-0.1, -0.05) is 12.1 Å². The first-order chi connectivity index (χ1) is 7.54. The average Bonchev–Trinajstić information content (AvgIpc) is 2.21. The Kier molecular flexibility index (Phi) is 3.83. The van der Waals surface area contributed by atoms with Crippen molar-refractivity contribution in [3.8, 4) is 0 Å². The molecule has 0 radical (unpaired) electrons. The highest BCUT2D eigenvalue weighted by atomic mass is 16.1. The largest absolute Gasteiger partial charge is 0.366 e. The van der Waals surface area contributed by atoms with Crippen molar-refractivity contribution in [2.75, 3.05) is 5.32 Å². The highest BCUT2D eigenvalue weighted by Gasteiger charge is 2.06. The van der Waals surface area contributed by atoms with Crippen LogP contribution < -0.4 is 11.1 Å². The number of amides is 2. The van der Waals surface area contributed by atoms with Crippen LogP contribution in [0, 0.1) is 6.92 Å². The van der Waals surface area contributed by atoms with Crippen molar-refractivity contribution in [2.45, 2.75) is 13.8 Å². The van der Waals surface area contributed by atoms with Gasteiger partial charge in [0.1, 0.15) is 0 Å². The second-order valence-electron chi connectivity index (χ2n) is 3.38. The lowest BCUT2D eigenvalue weighted by molar-refractivity contribution is -0.111. The minimum absolute atomic E-state index is 0.229. The van der Waals surface area contributed by atoms with Gasteiger partial charge in [0, 0.05) is 11.3 Å². The van der Waals surface area contributed by atoms with Crippen molar-refractivity contribution in [1.82, 2.24) is 0 Å². The molecule has 2 amide bonds. The zero-order chi connectivity index (χ0) is 12.1. The number of anilines is 1. The van der Waals surface area contributed by atoms with E-state index in [0.717, 1.165) is 5.56 Å². The summed E-state index contributed by atoms with van der Waals surface area (Å²) in [6, 6.07) is 4.94. The lowest BCUT2D eigenvalue weighted by Gasteiger charge is -2.07. The first kappa shape index (κ1) is 12.0. The van der Waals surface area contributed by atoms with Crippen molar-refractivity contribution in [3.63, 3.8) is 0 Å². The van der Waals surface area contributed by atoms with Crippen LogP contribution in [0.1, 0.15) is 22.8 Å². The highest BCUT2D eigenvalue weighted by Crippen LogP contribution is 2.16. The van der Waals surface area contributed by atoms with E-state index in [9.17, 15) is 9.59 Å². The SMILES string of the molecule is C/C=C/C(=O)Nc1cc(C(N)=O)ccc1C. The molecule has 0 heterocycles. The Morgan fingerprint density at radius 1 is 1.38 bits per heavy atom. The number of aryl methyl sites for hydroxylation is 1. The second kappa shape index (κ2) is 5.11. The molecule has 4 heteroatoms. The van der Waals surface area contributed by atoms with E-state index >= 15 is 0 Å². The van der Waals surface area contributed by atoms with Gasteiger partial charge in [-0.15, -0.1) is 0 Å². The van der Waals surface area contributed by atoms with Gasteiger partial charge in [-0.25, -0.2) is 0 Å². The van der Waals surface area contributed by atoms with E-state index in [0.29, 0.717) is 11.3 Å². The fraction of sp³-hybridized carbons (Fsp3) is 0.167. The molecule has 0 aliphatic carbocycles. The molecule has 0 fully saturated rings. The van der Waals surface area contributed by atoms with Crippen molar-refractivity contribution in [1.29, 1.82) is 0 Å². The minimum Gasteiger partial charge on any atom is -0.366 e. The Balaban J connectivity index is 2.98. The number of nitrogens with two attached hydrogens (primary N) is 1. The molecule has 1 aromatic rings. The number of carbonyl (C=O) groups is 2. The molecule has 4 nitrogen and oxygen atoms in total. The van der Waals surface area contributed by atoms with Crippen LogP contribution in [0.25, 0.3) is 0 Å². The Hall–Kier alpha value is -2.10. The summed E-state index contributed by atoms with van der Waals surface area (Å²) < 4.78 is 0. The molecule has 0 bridgehead atoms. The van der Waals surface area contributed by atoms with Gasteiger partial charge in [-0.2, -0.15) is 0 Å². The predicted molar refractivity (Wildman–Crippen MR) is 63.1 cm³/mol. The number of allylic oxidation sites excluding steroid dienone is 1. The molecule has 0 saturated carbocycles. The van der Waals surface area contributed by atoms with Gasteiger partial charge in [0.25, 0.3) is 0 Å². The molecular formula is C12H14N2O2. The van der Waals surface area contributed by atoms with E-state index in [1.165, 1.54) is 6.08 Å². The van der Waals surface area contributed by atoms with Crippen molar-refractivity contribution in [3.05, 3.63) is 41.5 Å². The van der Waals surface area contributed by atoms with Gasteiger partial charge in [0.15, 0.2) is 0 Å². The van der Waals surface area contributed by atoms with E-state index in [2.05, 4.69) is 5.32 Å². The van der Waals surface area contributed by atoms with Crippen LogP contribution in [0.4, 0.5) is 5.69 Å². The molecule has 16 heavy (non-hydrogen) atoms. The molecule has 3 N–H and O–H groups in total. The number of nitrogens with one attached hydrogen (secondary N) is 1. The third-order valence-corrected chi connectivity index (χ3v) is 2.10. The van der Waals surface area contributed by atoms with Crippen LogP contribution in [0.2, 0.25) is 0 Å². The maximum Gasteiger partial charge on any atom is 0.248 e.